The molecule has 1 atom stereocenters. The molecule has 19 heavy (non-hydrogen) atoms. The van der Waals surface area contributed by atoms with Crippen molar-refractivity contribution in [3.05, 3.63) is 35.1 Å². The van der Waals surface area contributed by atoms with Crippen molar-refractivity contribution in [1.29, 1.82) is 5.41 Å². The minimum atomic E-state index is -0.297. The topological polar surface area (TPSA) is 62.3 Å². The van der Waals surface area contributed by atoms with Gasteiger partial charge in [0, 0.05) is 30.3 Å². The van der Waals surface area contributed by atoms with Crippen LogP contribution in [0, 0.1) is 11.2 Å². The van der Waals surface area contributed by atoms with Crippen molar-refractivity contribution in [2.75, 3.05) is 19.8 Å². The number of halogens is 1. The van der Waals surface area contributed by atoms with E-state index in [-0.39, 0.29) is 11.7 Å². The maximum atomic E-state index is 14.0. The Morgan fingerprint density at radius 2 is 2.37 bits per heavy atom. The standard InChI is InChI=1S/C14H20FN3O/c1-2-12-9-19-6-5-18(12)8-11-4-3-10(14(16)17)7-13(11)15/h3-4,7,12H,2,5-6,8-9H2,1H3,(H3,16,17). The monoisotopic (exact) mass is 265 g/mol. The summed E-state index contributed by atoms with van der Waals surface area (Å²) >= 11 is 0. The van der Waals surface area contributed by atoms with Crippen LogP contribution in [0.15, 0.2) is 18.2 Å². The Hall–Kier alpha value is -1.46. The number of amidine groups is 1. The summed E-state index contributed by atoms with van der Waals surface area (Å²) in [6, 6.07) is 5.09. The highest BCUT2D eigenvalue weighted by Crippen LogP contribution is 2.17. The van der Waals surface area contributed by atoms with Gasteiger partial charge in [0.25, 0.3) is 0 Å². The van der Waals surface area contributed by atoms with Gasteiger partial charge in [0.15, 0.2) is 0 Å². The first-order valence-electron chi connectivity index (χ1n) is 6.56. The first-order valence-corrected chi connectivity index (χ1v) is 6.56. The summed E-state index contributed by atoms with van der Waals surface area (Å²) in [4.78, 5) is 2.25. The molecule has 0 bridgehead atoms. The second-order valence-corrected chi connectivity index (χ2v) is 4.83. The lowest BCUT2D eigenvalue weighted by molar-refractivity contribution is -0.0131. The molecular formula is C14H20FN3O. The Morgan fingerprint density at radius 3 is 3.00 bits per heavy atom. The zero-order valence-electron chi connectivity index (χ0n) is 11.2. The molecule has 104 valence electrons. The average Bonchev–Trinajstić information content (AvgIpc) is 2.41. The van der Waals surface area contributed by atoms with Gasteiger partial charge in [0.2, 0.25) is 0 Å². The maximum absolute atomic E-state index is 14.0. The van der Waals surface area contributed by atoms with Gasteiger partial charge in [-0.05, 0) is 12.5 Å². The summed E-state index contributed by atoms with van der Waals surface area (Å²) in [7, 11) is 0. The highest BCUT2D eigenvalue weighted by atomic mass is 19.1. The van der Waals surface area contributed by atoms with Gasteiger partial charge in [-0.2, -0.15) is 0 Å². The molecule has 2 rings (SSSR count). The lowest BCUT2D eigenvalue weighted by atomic mass is 10.1. The molecule has 1 heterocycles. The maximum Gasteiger partial charge on any atom is 0.128 e. The Kier molecular flexibility index (Phi) is 4.50. The lowest BCUT2D eigenvalue weighted by Crippen LogP contribution is -2.44. The van der Waals surface area contributed by atoms with E-state index in [4.69, 9.17) is 15.9 Å². The molecule has 0 aromatic heterocycles. The Morgan fingerprint density at radius 1 is 1.58 bits per heavy atom. The third-order valence-electron chi connectivity index (χ3n) is 3.56. The number of hydrogen-bond acceptors (Lipinski definition) is 3. The Balaban J connectivity index is 2.11. The quantitative estimate of drug-likeness (QED) is 0.643. The first kappa shape index (κ1) is 14.0. The van der Waals surface area contributed by atoms with Gasteiger partial charge in [0.1, 0.15) is 11.7 Å². The zero-order valence-corrected chi connectivity index (χ0v) is 11.2. The molecular weight excluding hydrogens is 245 g/mol. The normalized spacial score (nSPS) is 20.4. The zero-order chi connectivity index (χ0) is 13.8. The largest absolute Gasteiger partial charge is 0.384 e. The average molecular weight is 265 g/mol. The lowest BCUT2D eigenvalue weighted by Gasteiger charge is -2.35. The van der Waals surface area contributed by atoms with E-state index in [1.54, 1.807) is 12.1 Å². The number of nitrogens with zero attached hydrogens (tertiary/aromatic N) is 1. The second-order valence-electron chi connectivity index (χ2n) is 4.83. The third-order valence-corrected chi connectivity index (χ3v) is 3.56. The first-order chi connectivity index (χ1) is 9.11. The summed E-state index contributed by atoms with van der Waals surface area (Å²) in [5.74, 6) is -0.405. The molecule has 1 unspecified atom stereocenters. The number of benzene rings is 1. The molecule has 1 aromatic rings. The molecule has 0 amide bonds. The van der Waals surface area contributed by atoms with Gasteiger partial charge in [-0.25, -0.2) is 4.39 Å². The van der Waals surface area contributed by atoms with Crippen LogP contribution < -0.4 is 5.73 Å². The third kappa shape index (κ3) is 3.30. The molecule has 1 saturated heterocycles. The molecule has 0 saturated carbocycles. The van der Waals surface area contributed by atoms with Gasteiger partial charge in [-0.1, -0.05) is 19.1 Å². The number of nitrogens with two attached hydrogens (primary N) is 1. The minimum absolute atomic E-state index is 0.108. The highest BCUT2D eigenvalue weighted by Gasteiger charge is 2.22. The number of ether oxygens (including phenoxy) is 1. The fourth-order valence-electron chi connectivity index (χ4n) is 2.34. The van der Waals surface area contributed by atoms with Crippen molar-refractivity contribution in [1.82, 2.24) is 4.90 Å². The van der Waals surface area contributed by atoms with Crippen molar-refractivity contribution in [3.8, 4) is 0 Å². The SMILES string of the molecule is CCC1COCCN1Cc1ccc(C(=N)N)cc1F. The van der Waals surface area contributed by atoms with Gasteiger partial charge in [0.05, 0.1) is 13.2 Å². The number of hydrogen-bond donors (Lipinski definition) is 2. The van der Waals surface area contributed by atoms with Crippen LogP contribution in [-0.2, 0) is 11.3 Å². The van der Waals surface area contributed by atoms with E-state index in [2.05, 4.69) is 11.8 Å². The summed E-state index contributed by atoms with van der Waals surface area (Å²) in [5, 5.41) is 7.30. The van der Waals surface area contributed by atoms with Gasteiger partial charge < -0.3 is 10.5 Å². The fraction of sp³-hybridized carbons (Fsp3) is 0.500. The summed E-state index contributed by atoms with van der Waals surface area (Å²) < 4.78 is 19.4. The van der Waals surface area contributed by atoms with Crippen molar-refractivity contribution < 1.29 is 9.13 Å². The number of rotatable bonds is 4. The van der Waals surface area contributed by atoms with Crippen LogP contribution in [0.1, 0.15) is 24.5 Å². The second kappa shape index (κ2) is 6.12. The van der Waals surface area contributed by atoms with Crippen LogP contribution in [0.5, 0.6) is 0 Å². The smallest absolute Gasteiger partial charge is 0.128 e. The van der Waals surface area contributed by atoms with E-state index in [1.165, 1.54) is 6.07 Å². The van der Waals surface area contributed by atoms with Crippen LogP contribution in [0.25, 0.3) is 0 Å². The Labute approximate surface area is 112 Å². The van der Waals surface area contributed by atoms with Crippen molar-refractivity contribution in [3.63, 3.8) is 0 Å². The predicted molar refractivity (Wildman–Crippen MR) is 72.7 cm³/mol. The van der Waals surface area contributed by atoms with E-state index in [9.17, 15) is 4.39 Å². The minimum Gasteiger partial charge on any atom is -0.384 e. The van der Waals surface area contributed by atoms with Crippen molar-refractivity contribution in [2.24, 2.45) is 5.73 Å². The number of nitrogens with one attached hydrogen (secondary N) is 1. The summed E-state index contributed by atoms with van der Waals surface area (Å²) in [6.07, 6.45) is 0.993. The number of morpholine rings is 1. The van der Waals surface area contributed by atoms with Crippen molar-refractivity contribution in [2.45, 2.75) is 25.9 Å². The van der Waals surface area contributed by atoms with Crippen LogP contribution in [0.4, 0.5) is 4.39 Å². The van der Waals surface area contributed by atoms with Gasteiger partial charge >= 0.3 is 0 Å². The van der Waals surface area contributed by atoms with E-state index in [1.807, 2.05) is 0 Å². The van der Waals surface area contributed by atoms with E-state index < -0.39 is 0 Å². The van der Waals surface area contributed by atoms with Crippen molar-refractivity contribution >= 4 is 5.84 Å². The molecule has 1 aliphatic heterocycles. The number of nitrogen functional groups attached to an aromatic ring is 1. The molecule has 1 aromatic carbocycles. The van der Waals surface area contributed by atoms with E-state index >= 15 is 0 Å². The van der Waals surface area contributed by atoms with Crippen LogP contribution >= 0.6 is 0 Å². The molecule has 4 nitrogen and oxygen atoms in total. The van der Waals surface area contributed by atoms with E-state index in [0.29, 0.717) is 36.9 Å². The molecule has 1 aliphatic rings. The summed E-state index contributed by atoms with van der Waals surface area (Å²) in [5.41, 5.74) is 6.42. The molecule has 1 fully saturated rings. The van der Waals surface area contributed by atoms with Gasteiger partial charge in [-0.3, -0.25) is 10.3 Å². The fourth-order valence-corrected chi connectivity index (χ4v) is 2.34. The molecule has 0 aliphatic carbocycles. The predicted octanol–water partition coefficient (Wildman–Crippen LogP) is 1.72. The summed E-state index contributed by atoms with van der Waals surface area (Å²) in [6.45, 7) is 4.92. The van der Waals surface area contributed by atoms with Crippen LogP contribution in [-0.4, -0.2) is 36.5 Å². The molecule has 5 heteroatoms. The van der Waals surface area contributed by atoms with E-state index in [0.717, 1.165) is 13.0 Å². The Bertz CT molecular complexity index is 464. The van der Waals surface area contributed by atoms with Crippen LogP contribution in [0.2, 0.25) is 0 Å². The molecule has 0 spiro atoms. The van der Waals surface area contributed by atoms with Gasteiger partial charge in [-0.15, -0.1) is 0 Å². The highest BCUT2D eigenvalue weighted by molar-refractivity contribution is 5.94. The van der Waals surface area contributed by atoms with Crippen LogP contribution in [0.3, 0.4) is 0 Å². The molecule has 0 radical (unpaired) electrons. The molecule has 3 N–H and O–H groups in total.